The van der Waals surface area contributed by atoms with Crippen molar-refractivity contribution in [2.45, 2.75) is 0 Å². The summed E-state index contributed by atoms with van der Waals surface area (Å²) in [6.45, 7) is 0. The second-order valence-electron chi connectivity index (χ2n) is 3.66. The third-order valence-electron chi connectivity index (χ3n) is 2.26. The van der Waals surface area contributed by atoms with E-state index in [0.29, 0.717) is 0 Å². The normalized spacial score (nSPS) is 12.7. The molecular weight excluding hydrogens is 270 g/mol. The summed E-state index contributed by atoms with van der Waals surface area (Å²) >= 11 is 0. The Balaban J connectivity index is 2.37. The molecule has 1 atom stereocenters. The van der Waals surface area contributed by atoms with Gasteiger partial charge in [-0.05, 0) is 6.07 Å². The molecular formula is C10H9N5O5. The lowest BCUT2D eigenvalue weighted by atomic mass is 10.3. The number of hydrogen-bond acceptors (Lipinski definition) is 7. The molecule has 0 spiro atoms. The largest absolute Gasteiger partial charge is 0.595 e. The van der Waals surface area contributed by atoms with Crippen molar-refractivity contribution in [3.8, 4) is 5.88 Å². The van der Waals surface area contributed by atoms with Gasteiger partial charge in [0.2, 0.25) is 11.6 Å². The van der Waals surface area contributed by atoms with Gasteiger partial charge in [-0.25, -0.2) is 10.0 Å². The van der Waals surface area contributed by atoms with Crippen molar-refractivity contribution in [3.63, 3.8) is 0 Å². The van der Waals surface area contributed by atoms with Crippen LogP contribution in [0.3, 0.4) is 0 Å². The standard InChI is InChI=1S/C10H9N5O5/c16-8-7(9(17)12-10(18)11-8)14-13-5-2-1-3-6(4-5)15(19)20/h1-4,15,19H,(H3,11,12,16,17,18). The first-order chi connectivity index (χ1) is 9.47. The number of hydrogen-bond donors (Lipinski definition) is 5. The van der Waals surface area contributed by atoms with Crippen LogP contribution in [0.5, 0.6) is 5.88 Å². The van der Waals surface area contributed by atoms with E-state index < -0.39 is 28.0 Å². The summed E-state index contributed by atoms with van der Waals surface area (Å²) in [5.41, 5.74) is -2.09. The molecule has 1 heterocycles. The van der Waals surface area contributed by atoms with Gasteiger partial charge in [0.25, 0.3) is 5.56 Å². The Hall–Kier alpha value is -2.82. The maximum atomic E-state index is 11.4. The molecule has 20 heavy (non-hydrogen) atoms. The number of rotatable bonds is 3. The van der Waals surface area contributed by atoms with E-state index >= 15 is 0 Å². The Bertz CT molecular complexity index is 763. The number of aromatic nitrogens is 2. The number of aromatic amines is 2. The number of aromatic hydroxyl groups is 1. The fourth-order valence-electron chi connectivity index (χ4n) is 1.37. The lowest BCUT2D eigenvalue weighted by Gasteiger charge is -2.10. The van der Waals surface area contributed by atoms with Crippen LogP contribution in [0.25, 0.3) is 0 Å². The van der Waals surface area contributed by atoms with Crippen LogP contribution in [0.2, 0.25) is 0 Å². The SMILES string of the molecule is O=c1[nH]c(O)c(N=Nc2cccc([NH+]([O-])O)c2)c(=O)[nH]1. The van der Waals surface area contributed by atoms with Crippen molar-refractivity contribution >= 4 is 17.1 Å². The van der Waals surface area contributed by atoms with Crippen LogP contribution in [0.1, 0.15) is 0 Å². The number of benzene rings is 1. The van der Waals surface area contributed by atoms with Gasteiger partial charge in [-0.15, -0.1) is 10.2 Å². The van der Waals surface area contributed by atoms with Gasteiger partial charge in [-0.1, -0.05) is 6.07 Å². The topological polar surface area (TPSA) is 158 Å². The minimum Gasteiger partial charge on any atom is -0.595 e. The molecule has 2 aromatic rings. The quantitative estimate of drug-likeness (QED) is 0.381. The average Bonchev–Trinajstić information content (AvgIpc) is 2.37. The fraction of sp³-hybridized carbons (Fsp3) is 0. The van der Waals surface area contributed by atoms with E-state index in [4.69, 9.17) is 5.21 Å². The summed E-state index contributed by atoms with van der Waals surface area (Å²) in [6.07, 6.45) is 0. The highest BCUT2D eigenvalue weighted by molar-refractivity contribution is 5.48. The average molecular weight is 279 g/mol. The number of nitrogens with one attached hydrogen (secondary N) is 3. The zero-order valence-electron chi connectivity index (χ0n) is 9.82. The molecule has 0 saturated heterocycles. The van der Waals surface area contributed by atoms with Gasteiger partial charge in [0.05, 0.1) is 5.69 Å². The first-order valence-corrected chi connectivity index (χ1v) is 5.28. The van der Waals surface area contributed by atoms with E-state index in [0.717, 1.165) is 0 Å². The Labute approximate surface area is 110 Å². The van der Waals surface area contributed by atoms with Crippen molar-refractivity contribution in [2.75, 3.05) is 0 Å². The van der Waals surface area contributed by atoms with Crippen LogP contribution < -0.4 is 16.5 Å². The van der Waals surface area contributed by atoms with Crippen LogP contribution in [0.15, 0.2) is 44.1 Å². The fourth-order valence-corrected chi connectivity index (χ4v) is 1.37. The molecule has 0 aliphatic rings. The third-order valence-corrected chi connectivity index (χ3v) is 2.26. The highest BCUT2D eigenvalue weighted by Gasteiger charge is 2.07. The molecule has 2 rings (SSSR count). The molecule has 10 nitrogen and oxygen atoms in total. The van der Waals surface area contributed by atoms with Crippen LogP contribution >= 0.6 is 0 Å². The molecule has 104 valence electrons. The third kappa shape index (κ3) is 2.95. The number of nitrogens with zero attached hydrogens (tertiary/aromatic N) is 2. The molecule has 0 saturated carbocycles. The van der Waals surface area contributed by atoms with Gasteiger partial charge in [-0.2, -0.15) is 5.23 Å². The molecule has 5 N–H and O–H groups in total. The lowest BCUT2D eigenvalue weighted by Crippen LogP contribution is -2.99. The minimum atomic E-state index is -1.13. The smallest absolute Gasteiger partial charge is 0.328 e. The molecule has 10 heteroatoms. The Morgan fingerprint density at radius 2 is 1.95 bits per heavy atom. The predicted octanol–water partition coefficient (Wildman–Crippen LogP) is -0.412. The van der Waals surface area contributed by atoms with Crippen molar-refractivity contribution in [1.29, 1.82) is 0 Å². The van der Waals surface area contributed by atoms with Crippen molar-refractivity contribution < 1.29 is 15.5 Å². The van der Waals surface area contributed by atoms with E-state index in [1.165, 1.54) is 24.3 Å². The number of quaternary nitrogens is 1. The highest BCUT2D eigenvalue weighted by Crippen LogP contribution is 2.21. The van der Waals surface area contributed by atoms with E-state index in [9.17, 15) is 19.9 Å². The van der Waals surface area contributed by atoms with Gasteiger partial charge < -0.3 is 10.3 Å². The molecule has 0 aliphatic heterocycles. The zero-order valence-corrected chi connectivity index (χ0v) is 9.82. The maximum absolute atomic E-state index is 11.4. The minimum absolute atomic E-state index is 0.000972. The van der Waals surface area contributed by atoms with E-state index in [1.54, 1.807) is 0 Å². The van der Waals surface area contributed by atoms with E-state index in [1.807, 2.05) is 9.97 Å². The molecule has 0 amide bonds. The van der Waals surface area contributed by atoms with Gasteiger partial charge >= 0.3 is 5.69 Å². The van der Waals surface area contributed by atoms with Gasteiger partial charge in [0.1, 0.15) is 0 Å². The predicted molar refractivity (Wildman–Crippen MR) is 65.7 cm³/mol. The molecule has 1 aromatic carbocycles. The summed E-state index contributed by atoms with van der Waals surface area (Å²) in [4.78, 5) is 26.0. The maximum Gasteiger partial charge on any atom is 0.328 e. The van der Waals surface area contributed by atoms with Crippen molar-refractivity contribution in [1.82, 2.24) is 9.97 Å². The highest BCUT2D eigenvalue weighted by atomic mass is 16.8. The first kappa shape index (κ1) is 13.6. The monoisotopic (exact) mass is 279 g/mol. The Morgan fingerprint density at radius 3 is 2.60 bits per heavy atom. The van der Waals surface area contributed by atoms with Crippen LogP contribution in [-0.2, 0) is 0 Å². The van der Waals surface area contributed by atoms with E-state index in [-0.39, 0.29) is 11.4 Å². The zero-order chi connectivity index (χ0) is 14.7. The molecule has 0 radical (unpaired) electrons. The Morgan fingerprint density at radius 1 is 1.20 bits per heavy atom. The molecule has 1 aromatic heterocycles. The second kappa shape index (κ2) is 5.44. The van der Waals surface area contributed by atoms with Crippen molar-refractivity contribution in [2.24, 2.45) is 10.2 Å². The second-order valence-corrected chi connectivity index (χ2v) is 3.66. The summed E-state index contributed by atoms with van der Waals surface area (Å²) in [5, 5.41) is 34.9. The van der Waals surface area contributed by atoms with Crippen LogP contribution in [-0.4, -0.2) is 20.3 Å². The summed E-state index contributed by atoms with van der Waals surface area (Å²) < 4.78 is 0. The first-order valence-electron chi connectivity index (χ1n) is 5.28. The summed E-state index contributed by atoms with van der Waals surface area (Å²) in [5.74, 6) is -0.725. The molecule has 0 aliphatic carbocycles. The molecule has 0 bridgehead atoms. The number of azo groups is 1. The summed E-state index contributed by atoms with van der Waals surface area (Å²) in [7, 11) is 0. The number of H-pyrrole nitrogens is 2. The van der Waals surface area contributed by atoms with Gasteiger partial charge in [0.15, 0.2) is 5.69 Å². The van der Waals surface area contributed by atoms with E-state index in [2.05, 4.69) is 10.2 Å². The van der Waals surface area contributed by atoms with Gasteiger partial charge in [0, 0.05) is 12.1 Å². The van der Waals surface area contributed by atoms with Gasteiger partial charge in [-0.3, -0.25) is 14.8 Å². The summed E-state index contributed by atoms with van der Waals surface area (Å²) in [6, 6.07) is 5.52. The van der Waals surface area contributed by atoms with Crippen molar-refractivity contribution in [3.05, 3.63) is 50.3 Å². The molecule has 0 fully saturated rings. The Kier molecular flexibility index (Phi) is 3.70. The van der Waals surface area contributed by atoms with Crippen LogP contribution in [0, 0.1) is 5.21 Å². The lowest BCUT2D eigenvalue weighted by molar-refractivity contribution is -0.991. The van der Waals surface area contributed by atoms with Crippen LogP contribution in [0.4, 0.5) is 17.1 Å². The molecule has 1 unspecified atom stereocenters.